The van der Waals surface area contributed by atoms with Gasteiger partial charge in [0, 0.05) is 11.6 Å². The molecule has 0 saturated carbocycles. The number of fused-ring (bicyclic) bond motifs is 3. The van der Waals surface area contributed by atoms with Crippen LogP contribution in [0.5, 0.6) is 0 Å². The van der Waals surface area contributed by atoms with E-state index in [1.165, 1.54) is 7.11 Å². The van der Waals surface area contributed by atoms with Gasteiger partial charge in [-0.3, -0.25) is 0 Å². The molecule has 0 saturated heterocycles. The summed E-state index contributed by atoms with van der Waals surface area (Å²) in [5, 5.41) is 14.6. The van der Waals surface area contributed by atoms with Gasteiger partial charge in [-0.2, -0.15) is 0 Å². The van der Waals surface area contributed by atoms with E-state index in [0.717, 1.165) is 28.8 Å². The number of rotatable bonds is 3. The quantitative estimate of drug-likeness (QED) is 0.671. The molecule has 0 radical (unpaired) electrons. The van der Waals surface area contributed by atoms with Gasteiger partial charge in [0.05, 0.1) is 24.7 Å². The first-order valence-corrected chi connectivity index (χ1v) is 8.97. The Bertz CT molecular complexity index is 946. The van der Waals surface area contributed by atoms with Crippen LogP contribution in [0, 0.1) is 12.8 Å². The third kappa shape index (κ3) is 2.79. The van der Waals surface area contributed by atoms with E-state index in [2.05, 4.69) is 17.5 Å². The number of hydrogen-bond acceptors (Lipinski definition) is 5. The highest BCUT2D eigenvalue weighted by atomic mass is 16.5. The normalized spacial score (nSPS) is 22.5. The van der Waals surface area contributed by atoms with E-state index in [-0.39, 0.29) is 29.4 Å². The van der Waals surface area contributed by atoms with Crippen molar-refractivity contribution < 1.29 is 19.4 Å². The fourth-order valence-electron chi connectivity index (χ4n) is 4.30. The third-order valence-corrected chi connectivity index (χ3v) is 5.64. The summed E-state index contributed by atoms with van der Waals surface area (Å²) in [6, 6.07) is 10.6. The number of carboxylic acids is 1. The van der Waals surface area contributed by atoms with Crippen molar-refractivity contribution >= 4 is 17.6 Å². The maximum absolute atomic E-state index is 12.3. The summed E-state index contributed by atoms with van der Waals surface area (Å²) in [5.41, 5.74) is 4.79. The molecule has 3 atom stereocenters. The number of carbonyl (C=O) groups excluding carboxylic acids is 2. The third-order valence-electron chi connectivity index (χ3n) is 5.64. The topological polar surface area (TPSA) is 78.5 Å². The van der Waals surface area contributed by atoms with E-state index in [1.54, 1.807) is 12.1 Å². The Labute approximate surface area is 157 Å². The molecule has 2 aliphatic rings. The number of benzene rings is 2. The predicted octanol–water partition coefficient (Wildman–Crippen LogP) is 2.97. The van der Waals surface area contributed by atoms with Gasteiger partial charge in [0.2, 0.25) is 0 Å². The summed E-state index contributed by atoms with van der Waals surface area (Å²) in [4.78, 5) is 23.3. The zero-order chi connectivity index (χ0) is 19.1. The second kappa shape index (κ2) is 6.58. The van der Waals surface area contributed by atoms with Crippen LogP contribution in [0.4, 0.5) is 5.69 Å². The lowest BCUT2D eigenvalue weighted by atomic mass is 9.74. The van der Waals surface area contributed by atoms with Crippen LogP contribution < -0.4 is 10.4 Å². The molecule has 0 fully saturated rings. The molecule has 2 aromatic carbocycles. The second-order valence-electron chi connectivity index (χ2n) is 7.10. The van der Waals surface area contributed by atoms with E-state index in [1.807, 2.05) is 31.2 Å². The van der Waals surface area contributed by atoms with Crippen molar-refractivity contribution in [2.24, 2.45) is 5.92 Å². The fourth-order valence-corrected chi connectivity index (χ4v) is 4.30. The Hall–Kier alpha value is -3.08. The first kappa shape index (κ1) is 17.3. The summed E-state index contributed by atoms with van der Waals surface area (Å²) in [7, 11) is 1.40. The molecule has 4 rings (SSSR count). The zero-order valence-corrected chi connectivity index (χ0v) is 15.2. The lowest BCUT2D eigenvalue weighted by molar-refractivity contribution is -0.255. The smallest absolute Gasteiger partial charge is 0.338 e. The minimum atomic E-state index is -1.18. The highest BCUT2D eigenvalue weighted by Gasteiger charge is 2.40. The molecule has 138 valence electrons. The summed E-state index contributed by atoms with van der Waals surface area (Å²) in [6.45, 7) is 2.02. The first-order chi connectivity index (χ1) is 13.0. The molecular formula is C22H20NO4-. The number of carbonyl (C=O) groups is 2. The minimum Gasteiger partial charge on any atom is -0.545 e. The molecule has 1 N–H and O–H groups in total. The number of ether oxygens (including phenoxy) is 1. The first-order valence-electron chi connectivity index (χ1n) is 8.97. The number of carboxylic acid groups (broad SMARTS) is 1. The lowest BCUT2D eigenvalue weighted by Gasteiger charge is -2.39. The zero-order valence-electron chi connectivity index (χ0n) is 15.2. The van der Waals surface area contributed by atoms with Crippen molar-refractivity contribution in [3.63, 3.8) is 0 Å². The monoisotopic (exact) mass is 362 g/mol. The number of aryl methyl sites for hydroxylation is 1. The van der Waals surface area contributed by atoms with Crippen molar-refractivity contribution in [1.29, 1.82) is 0 Å². The van der Waals surface area contributed by atoms with Gasteiger partial charge in [-0.25, -0.2) is 4.79 Å². The van der Waals surface area contributed by atoms with Crippen LogP contribution in [0.15, 0.2) is 48.6 Å². The van der Waals surface area contributed by atoms with Crippen LogP contribution in [-0.4, -0.2) is 19.0 Å². The molecule has 1 aliphatic heterocycles. The molecule has 0 unspecified atom stereocenters. The number of allylic oxidation sites excluding steroid dienone is 2. The van der Waals surface area contributed by atoms with Gasteiger partial charge in [0.25, 0.3) is 0 Å². The maximum atomic E-state index is 12.3. The fraction of sp³-hybridized carbons (Fsp3) is 0.273. The molecular weight excluding hydrogens is 342 g/mol. The number of methoxy groups -OCH3 is 1. The minimum absolute atomic E-state index is 0.0277. The maximum Gasteiger partial charge on any atom is 0.338 e. The highest BCUT2D eigenvalue weighted by molar-refractivity contribution is 5.94. The summed E-state index contributed by atoms with van der Waals surface area (Å²) in [5.74, 6) is -1.15. The molecule has 0 bridgehead atoms. The number of anilines is 1. The van der Waals surface area contributed by atoms with Crippen LogP contribution in [0.25, 0.3) is 0 Å². The Morgan fingerprint density at radius 2 is 1.89 bits per heavy atom. The summed E-state index contributed by atoms with van der Waals surface area (Å²) < 4.78 is 4.99. The molecule has 27 heavy (non-hydrogen) atoms. The Morgan fingerprint density at radius 1 is 1.15 bits per heavy atom. The van der Waals surface area contributed by atoms with Gasteiger partial charge in [0.15, 0.2) is 0 Å². The Kier molecular flexibility index (Phi) is 4.22. The van der Waals surface area contributed by atoms with E-state index < -0.39 is 5.97 Å². The number of nitrogens with one attached hydrogen (secondary N) is 1. The molecule has 1 aliphatic carbocycles. The largest absolute Gasteiger partial charge is 0.545 e. The van der Waals surface area contributed by atoms with Gasteiger partial charge >= 0.3 is 5.97 Å². The van der Waals surface area contributed by atoms with Gasteiger partial charge in [-0.15, -0.1) is 0 Å². The molecule has 5 heteroatoms. The van der Waals surface area contributed by atoms with Gasteiger partial charge in [-0.1, -0.05) is 42.5 Å². The van der Waals surface area contributed by atoms with E-state index in [0.29, 0.717) is 5.56 Å². The average molecular weight is 362 g/mol. The van der Waals surface area contributed by atoms with Crippen LogP contribution in [-0.2, 0) is 4.74 Å². The van der Waals surface area contributed by atoms with Crippen LogP contribution >= 0.6 is 0 Å². The molecule has 5 nitrogen and oxygen atoms in total. The molecule has 0 amide bonds. The Morgan fingerprint density at radius 3 is 2.56 bits per heavy atom. The standard InChI is InChI=1S/C22H21NO4/c1-12-6-11-17(22(26)27-2)18-15-4-3-5-16(15)20(23-19(12)18)13-7-9-14(10-8-13)21(24)25/h3-4,6-11,15-16,20,23H,5H2,1-2H3,(H,24,25)/p-1/t15-,16+,20+/m0/s1. The van der Waals surface area contributed by atoms with Crippen LogP contribution in [0.3, 0.4) is 0 Å². The molecule has 0 aromatic heterocycles. The van der Waals surface area contributed by atoms with Gasteiger partial charge in [-0.05, 0) is 47.6 Å². The SMILES string of the molecule is COC(=O)c1ccc(C)c2c1[C@H]1C=CC[C@H]1[C@@H](c1ccc(C(=O)[O-])cc1)N2. The number of hydrogen-bond donors (Lipinski definition) is 1. The van der Waals surface area contributed by atoms with Crippen molar-refractivity contribution in [3.8, 4) is 0 Å². The van der Waals surface area contributed by atoms with E-state index >= 15 is 0 Å². The molecule has 1 heterocycles. The highest BCUT2D eigenvalue weighted by Crippen LogP contribution is 2.51. The van der Waals surface area contributed by atoms with Crippen molar-refractivity contribution in [3.05, 3.63) is 76.4 Å². The lowest BCUT2D eigenvalue weighted by Crippen LogP contribution is -2.31. The summed E-state index contributed by atoms with van der Waals surface area (Å²) >= 11 is 0. The van der Waals surface area contributed by atoms with E-state index in [9.17, 15) is 14.7 Å². The average Bonchev–Trinajstić information content (AvgIpc) is 3.17. The van der Waals surface area contributed by atoms with E-state index in [4.69, 9.17) is 4.74 Å². The molecule has 0 spiro atoms. The Balaban J connectivity index is 1.80. The van der Waals surface area contributed by atoms with Crippen LogP contribution in [0.2, 0.25) is 0 Å². The van der Waals surface area contributed by atoms with Gasteiger partial charge in [0.1, 0.15) is 0 Å². The number of aromatic carboxylic acids is 1. The second-order valence-corrected chi connectivity index (χ2v) is 7.10. The van der Waals surface area contributed by atoms with Crippen LogP contribution in [0.1, 0.15) is 55.8 Å². The van der Waals surface area contributed by atoms with Crippen molar-refractivity contribution in [2.45, 2.75) is 25.3 Å². The van der Waals surface area contributed by atoms with Gasteiger partial charge < -0.3 is 20.0 Å². The summed E-state index contributed by atoms with van der Waals surface area (Å²) in [6.07, 6.45) is 5.20. The van der Waals surface area contributed by atoms with Crippen molar-refractivity contribution in [1.82, 2.24) is 0 Å². The predicted molar refractivity (Wildman–Crippen MR) is 99.6 cm³/mol. The molecule has 2 aromatic rings. The van der Waals surface area contributed by atoms with Crippen molar-refractivity contribution in [2.75, 3.05) is 12.4 Å². The number of esters is 1.